The van der Waals surface area contributed by atoms with E-state index in [1.165, 1.54) is 4.90 Å². The minimum Gasteiger partial charge on any atom is -0.494 e. The molecule has 3 N–H and O–H groups in total. The molecular weight excluding hydrogens is 550 g/mol. The van der Waals surface area contributed by atoms with E-state index in [1.807, 2.05) is 48.9 Å². The predicted octanol–water partition coefficient (Wildman–Crippen LogP) is 2.30. The zero-order valence-corrected chi connectivity index (χ0v) is 24.2. The number of H-pyrrole nitrogens is 1. The Morgan fingerprint density at radius 3 is 2.79 bits per heavy atom. The van der Waals surface area contributed by atoms with E-state index in [2.05, 4.69) is 36.2 Å². The van der Waals surface area contributed by atoms with Gasteiger partial charge in [0.1, 0.15) is 17.6 Å². The minimum atomic E-state index is -0.753. The maximum atomic E-state index is 13.9. The highest BCUT2D eigenvalue weighted by Gasteiger charge is 2.26. The number of ether oxygens (including phenoxy) is 1. The number of hydrogen-bond donors (Lipinski definition) is 3. The first kappa shape index (κ1) is 29.4. The molecular formula is C30H35N9O4. The molecule has 3 amide bonds. The summed E-state index contributed by atoms with van der Waals surface area (Å²) in [7, 11) is 0. The Morgan fingerprint density at radius 2 is 1.98 bits per heavy atom. The van der Waals surface area contributed by atoms with Gasteiger partial charge < -0.3 is 24.8 Å². The van der Waals surface area contributed by atoms with E-state index in [-0.39, 0.29) is 36.6 Å². The van der Waals surface area contributed by atoms with Crippen LogP contribution in [-0.4, -0.2) is 85.1 Å². The van der Waals surface area contributed by atoms with Crippen LogP contribution in [0.1, 0.15) is 37.0 Å². The van der Waals surface area contributed by atoms with E-state index >= 15 is 0 Å². The topological polar surface area (TPSA) is 160 Å². The fraction of sp³-hybridized carbons (Fsp3) is 0.367. The number of hydrogen-bond acceptors (Lipinski definition) is 8. The second-order valence-electron chi connectivity index (χ2n) is 10.7. The SMILES string of the molecule is CC(C)C[C@H]1NC(=O)CN(C(=O)c2ccccc2-c2nn[nH]n2)CCCOc2cccc(c2)-c2nccn2CCNC1=O. The molecule has 2 aromatic heterocycles. The number of imidazole rings is 1. The van der Waals surface area contributed by atoms with E-state index in [0.29, 0.717) is 49.4 Å². The lowest BCUT2D eigenvalue weighted by molar-refractivity contribution is -0.129. The zero-order chi connectivity index (χ0) is 30.2. The first-order valence-corrected chi connectivity index (χ1v) is 14.3. The first-order chi connectivity index (χ1) is 20.9. The van der Waals surface area contributed by atoms with Gasteiger partial charge in [-0.05, 0) is 42.2 Å². The van der Waals surface area contributed by atoms with E-state index in [0.717, 1.165) is 11.4 Å². The van der Waals surface area contributed by atoms with Gasteiger partial charge in [0.25, 0.3) is 5.91 Å². The quantitative estimate of drug-likeness (QED) is 0.329. The Balaban J connectivity index is 1.42. The molecule has 4 aromatic rings. The summed E-state index contributed by atoms with van der Waals surface area (Å²) in [6.07, 6.45) is 4.49. The number of fused-ring (bicyclic) bond motifs is 4. The van der Waals surface area contributed by atoms with Gasteiger partial charge in [-0.3, -0.25) is 14.4 Å². The van der Waals surface area contributed by atoms with E-state index in [9.17, 15) is 14.4 Å². The lowest BCUT2D eigenvalue weighted by atomic mass is 10.0. The molecule has 0 fully saturated rings. The van der Waals surface area contributed by atoms with Crippen LogP contribution in [0.3, 0.4) is 0 Å². The molecule has 0 saturated heterocycles. The third kappa shape index (κ3) is 7.42. The Hall–Kier alpha value is -5.07. The molecule has 13 heteroatoms. The molecule has 0 spiro atoms. The molecule has 0 radical (unpaired) electrons. The molecule has 3 heterocycles. The molecule has 1 aliphatic rings. The van der Waals surface area contributed by atoms with Crippen LogP contribution in [-0.2, 0) is 16.1 Å². The number of carbonyl (C=O) groups is 3. The maximum absolute atomic E-state index is 13.9. The predicted molar refractivity (Wildman–Crippen MR) is 158 cm³/mol. The van der Waals surface area contributed by atoms with Crippen molar-refractivity contribution in [2.24, 2.45) is 5.92 Å². The molecule has 0 saturated carbocycles. The number of aromatic nitrogens is 6. The number of tetrazole rings is 1. The summed E-state index contributed by atoms with van der Waals surface area (Å²) < 4.78 is 8.00. The Morgan fingerprint density at radius 1 is 1.12 bits per heavy atom. The van der Waals surface area contributed by atoms with Crippen LogP contribution in [0.25, 0.3) is 22.8 Å². The summed E-state index contributed by atoms with van der Waals surface area (Å²) in [5.41, 5.74) is 1.71. The number of rotatable bonds is 4. The van der Waals surface area contributed by atoms with Gasteiger partial charge in [-0.1, -0.05) is 44.2 Å². The summed E-state index contributed by atoms with van der Waals surface area (Å²) in [5, 5.41) is 19.9. The molecule has 1 atom stereocenters. The van der Waals surface area contributed by atoms with Crippen LogP contribution in [0.15, 0.2) is 60.9 Å². The largest absolute Gasteiger partial charge is 0.494 e. The summed E-state index contributed by atoms with van der Waals surface area (Å²) >= 11 is 0. The van der Waals surface area contributed by atoms with Crippen molar-refractivity contribution in [3.8, 4) is 28.5 Å². The molecule has 1 aliphatic heterocycles. The minimum absolute atomic E-state index is 0.151. The fourth-order valence-electron chi connectivity index (χ4n) is 5.02. The third-order valence-corrected chi connectivity index (χ3v) is 7.02. The lowest BCUT2D eigenvalue weighted by Gasteiger charge is -2.26. The number of benzene rings is 2. The van der Waals surface area contributed by atoms with Gasteiger partial charge in [-0.25, -0.2) is 4.98 Å². The van der Waals surface area contributed by atoms with Crippen molar-refractivity contribution in [2.75, 3.05) is 26.2 Å². The highest BCUT2D eigenvalue weighted by Crippen LogP contribution is 2.24. The van der Waals surface area contributed by atoms with Crippen LogP contribution in [0.4, 0.5) is 0 Å². The smallest absolute Gasteiger partial charge is 0.255 e. The van der Waals surface area contributed by atoms with Crippen molar-refractivity contribution in [3.63, 3.8) is 0 Å². The molecule has 0 unspecified atom stereocenters. The molecule has 224 valence electrons. The summed E-state index contributed by atoms with van der Waals surface area (Å²) in [5.74, 6) is 0.758. The monoisotopic (exact) mass is 585 g/mol. The Kier molecular flexibility index (Phi) is 9.39. The third-order valence-electron chi connectivity index (χ3n) is 7.02. The van der Waals surface area contributed by atoms with Gasteiger partial charge in [-0.2, -0.15) is 5.21 Å². The van der Waals surface area contributed by atoms with Gasteiger partial charge in [0.15, 0.2) is 0 Å². The molecule has 43 heavy (non-hydrogen) atoms. The van der Waals surface area contributed by atoms with Gasteiger partial charge in [-0.15, -0.1) is 10.2 Å². The summed E-state index contributed by atoms with van der Waals surface area (Å²) in [4.78, 5) is 46.4. The van der Waals surface area contributed by atoms with Crippen molar-refractivity contribution in [1.29, 1.82) is 0 Å². The molecule has 2 aromatic carbocycles. The Labute approximate surface area is 249 Å². The van der Waals surface area contributed by atoms with Gasteiger partial charge in [0.2, 0.25) is 17.6 Å². The normalized spacial score (nSPS) is 16.8. The lowest BCUT2D eigenvalue weighted by Crippen LogP contribution is -2.51. The van der Waals surface area contributed by atoms with Crippen molar-refractivity contribution in [3.05, 3.63) is 66.5 Å². The number of aromatic amines is 1. The maximum Gasteiger partial charge on any atom is 0.255 e. The zero-order valence-electron chi connectivity index (χ0n) is 24.2. The Bertz CT molecular complexity index is 1550. The van der Waals surface area contributed by atoms with Crippen LogP contribution in [0, 0.1) is 5.92 Å². The summed E-state index contributed by atoms with van der Waals surface area (Å²) in [6.45, 7) is 5.13. The second kappa shape index (κ2) is 13.7. The van der Waals surface area contributed by atoms with Gasteiger partial charge in [0, 0.05) is 43.2 Å². The van der Waals surface area contributed by atoms with Crippen molar-refractivity contribution >= 4 is 17.7 Å². The average Bonchev–Trinajstić information content (AvgIpc) is 3.70. The van der Waals surface area contributed by atoms with Crippen molar-refractivity contribution < 1.29 is 19.1 Å². The molecule has 0 aliphatic carbocycles. The first-order valence-electron chi connectivity index (χ1n) is 14.3. The number of nitrogens with one attached hydrogen (secondary N) is 3. The standard InChI is InChI=1S/C30H35N9O4/c1-20(2)17-25-29(41)32-12-15-38-14-11-31-28(38)21-7-5-8-22(18-21)43-16-6-13-39(19-26(40)33-25)30(42)24-10-4-3-9-23(24)27-34-36-37-35-27/h3-5,7-11,14,18,20,25H,6,12-13,15-17,19H2,1-2H3,(H,32,41)(H,33,40)(H,34,35,36,37)/t25-/m1/s1. The fourth-order valence-corrected chi connectivity index (χ4v) is 5.02. The summed E-state index contributed by atoms with van der Waals surface area (Å²) in [6, 6.07) is 13.8. The van der Waals surface area contributed by atoms with Crippen LogP contribution < -0.4 is 15.4 Å². The van der Waals surface area contributed by atoms with E-state index in [1.54, 1.807) is 30.5 Å². The number of nitrogens with zero attached hydrogens (tertiary/aromatic N) is 6. The van der Waals surface area contributed by atoms with Gasteiger partial charge in [0.05, 0.1) is 18.7 Å². The van der Waals surface area contributed by atoms with Crippen molar-refractivity contribution in [2.45, 2.75) is 39.3 Å². The molecule has 2 bridgehead atoms. The van der Waals surface area contributed by atoms with Gasteiger partial charge >= 0.3 is 0 Å². The number of amides is 3. The van der Waals surface area contributed by atoms with E-state index < -0.39 is 11.9 Å². The van der Waals surface area contributed by atoms with E-state index in [4.69, 9.17) is 4.74 Å². The van der Waals surface area contributed by atoms with Crippen molar-refractivity contribution in [1.82, 2.24) is 45.7 Å². The van der Waals surface area contributed by atoms with Crippen LogP contribution in [0.5, 0.6) is 5.75 Å². The second-order valence-corrected chi connectivity index (χ2v) is 10.7. The van der Waals surface area contributed by atoms with Crippen LogP contribution >= 0.6 is 0 Å². The molecule has 13 nitrogen and oxygen atoms in total. The average molecular weight is 586 g/mol. The molecule has 5 rings (SSSR count). The number of carbonyl (C=O) groups excluding carboxylic acids is 3. The highest BCUT2D eigenvalue weighted by atomic mass is 16.5. The van der Waals surface area contributed by atoms with Crippen LogP contribution in [0.2, 0.25) is 0 Å². The highest BCUT2D eigenvalue weighted by molar-refractivity contribution is 6.01.